The maximum Gasteiger partial charge on any atom is 0.259 e. The number of carbonyl (C=O) groups excluding carboxylic acids is 2. The third-order valence-electron chi connectivity index (χ3n) is 5.38. The van der Waals surface area contributed by atoms with E-state index in [2.05, 4.69) is 5.16 Å². The van der Waals surface area contributed by atoms with E-state index < -0.39 is 0 Å². The zero-order valence-corrected chi connectivity index (χ0v) is 14.4. The molecule has 0 saturated carbocycles. The number of carbonyl (C=O) groups is 2. The molecular formula is C17H25N3O4. The molecule has 2 amide bonds. The van der Waals surface area contributed by atoms with Crippen molar-refractivity contribution in [1.29, 1.82) is 0 Å². The van der Waals surface area contributed by atoms with Crippen molar-refractivity contribution < 1.29 is 18.8 Å². The lowest BCUT2D eigenvalue weighted by Gasteiger charge is -2.26. The summed E-state index contributed by atoms with van der Waals surface area (Å²) in [7, 11) is 1.65. The molecule has 2 aliphatic heterocycles. The minimum absolute atomic E-state index is 0.0486. The molecule has 0 radical (unpaired) electrons. The molecule has 7 heteroatoms. The Morgan fingerprint density at radius 2 is 2.12 bits per heavy atom. The van der Waals surface area contributed by atoms with E-state index in [1.807, 2.05) is 9.80 Å². The van der Waals surface area contributed by atoms with Gasteiger partial charge in [0.05, 0.1) is 18.2 Å². The van der Waals surface area contributed by atoms with E-state index in [-0.39, 0.29) is 17.2 Å². The lowest BCUT2D eigenvalue weighted by Crippen LogP contribution is -2.37. The smallest absolute Gasteiger partial charge is 0.259 e. The van der Waals surface area contributed by atoms with Gasteiger partial charge >= 0.3 is 0 Å². The molecule has 0 aromatic carbocycles. The third-order valence-corrected chi connectivity index (χ3v) is 5.38. The van der Waals surface area contributed by atoms with Gasteiger partial charge in [-0.25, -0.2) is 0 Å². The van der Waals surface area contributed by atoms with Gasteiger partial charge in [0.2, 0.25) is 5.91 Å². The summed E-state index contributed by atoms with van der Waals surface area (Å²) in [5, 5.41) is 3.69. The van der Waals surface area contributed by atoms with Crippen LogP contribution in [-0.4, -0.2) is 66.7 Å². The van der Waals surface area contributed by atoms with Gasteiger partial charge in [-0.3, -0.25) is 9.59 Å². The van der Waals surface area contributed by atoms with Crippen molar-refractivity contribution in [1.82, 2.24) is 15.0 Å². The van der Waals surface area contributed by atoms with Gasteiger partial charge in [0.1, 0.15) is 11.3 Å². The van der Waals surface area contributed by atoms with Crippen LogP contribution in [0.3, 0.4) is 0 Å². The largest absolute Gasteiger partial charge is 0.383 e. The van der Waals surface area contributed by atoms with Crippen molar-refractivity contribution in [2.24, 2.45) is 5.41 Å². The van der Waals surface area contributed by atoms with Crippen molar-refractivity contribution >= 4 is 11.8 Å². The maximum absolute atomic E-state index is 12.8. The van der Waals surface area contributed by atoms with Crippen LogP contribution in [0.2, 0.25) is 0 Å². The van der Waals surface area contributed by atoms with Gasteiger partial charge in [0, 0.05) is 33.3 Å². The minimum Gasteiger partial charge on any atom is -0.383 e. The van der Waals surface area contributed by atoms with E-state index in [1.165, 1.54) is 6.20 Å². The van der Waals surface area contributed by atoms with Crippen LogP contribution < -0.4 is 0 Å². The molecule has 0 N–H and O–H groups in total. The Bertz CT molecular complexity index is 615. The first-order valence-electron chi connectivity index (χ1n) is 8.56. The molecule has 2 fully saturated rings. The molecular weight excluding hydrogens is 310 g/mol. The SMILES string of the molecule is COCCN1CC[C@]2(CCCN(C(=O)c3cnoc3C)CC2)C1=O. The van der Waals surface area contributed by atoms with Crippen LogP contribution in [0.25, 0.3) is 0 Å². The Balaban J connectivity index is 1.66. The zero-order chi connectivity index (χ0) is 17.2. The van der Waals surface area contributed by atoms with Crippen molar-refractivity contribution in [2.75, 3.05) is 39.9 Å². The monoisotopic (exact) mass is 335 g/mol. The van der Waals surface area contributed by atoms with Gasteiger partial charge in [0.15, 0.2) is 0 Å². The van der Waals surface area contributed by atoms with E-state index in [0.717, 1.165) is 32.2 Å². The molecule has 7 nitrogen and oxygen atoms in total. The Labute approximate surface area is 141 Å². The molecule has 3 heterocycles. The number of ether oxygens (including phenoxy) is 1. The van der Waals surface area contributed by atoms with E-state index in [4.69, 9.17) is 9.26 Å². The minimum atomic E-state index is -0.299. The number of aromatic nitrogens is 1. The summed E-state index contributed by atoms with van der Waals surface area (Å²) in [6.07, 6.45) is 4.78. The van der Waals surface area contributed by atoms with Crippen molar-refractivity contribution in [3.63, 3.8) is 0 Å². The molecule has 24 heavy (non-hydrogen) atoms. The fraction of sp³-hybridized carbons (Fsp3) is 0.706. The predicted octanol–water partition coefficient (Wildman–Crippen LogP) is 1.47. The van der Waals surface area contributed by atoms with Crippen molar-refractivity contribution in [2.45, 2.75) is 32.6 Å². The van der Waals surface area contributed by atoms with E-state index in [9.17, 15) is 9.59 Å². The second-order valence-corrected chi connectivity index (χ2v) is 6.76. The highest BCUT2D eigenvalue weighted by molar-refractivity contribution is 5.95. The molecule has 1 aromatic rings. The molecule has 0 unspecified atom stereocenters. The van der Waals surface area contributed by atoms with Gasteiger partial charge < -0.3 is 19.1 Å². The lowest BCUT2D eigenvalue weighted by atomic mass is 9.79. The fourth-order valence-corrected chi connectivity index (χ4v) is 3.84. The molecule has 2 saturated heterocycles. The quantitative estimate of drug-likeness (QED) is 0.833. The molecule has 0 aliphatic carbocycles. The van der Waals surface area contributed by atoms with E-state index in [1.54, 1.807) is 14.0 Å². The van der Waals surface area contributed by atoms with Crippen LogP contribution in [0.15, 0.2) is 10.7 Å². The molecule has 2 aliphatic rings. The average Bonchev–Trinajstić information content (AvgIpc) is 3.04. The molecule has 1 aromatic heterocycles. The Morgan fingerprint density at radius 3 is 2.83 bits per heavy atom. The molecule has 0 bridgehead atoms. The third kappa shape index (κ3) is 3.05. The first kappa shape index (κ1) is 17.0. The summed E-state index contributed by atoms with van der Waals surface area (Å²) in [5.74, 6) is 0.726. The number of methoxy groups -OCH3 is 1. The lowest BCUT2D eigenvalue weighted by molar-refractivity contribution is -0.137. The van der Waals surface area contributed by atoms with Gasteiger partial charge in [0.25, 0.3) is 5.91 Å². The first-order chi connectivity index (χ1) is 11.6. The normalized spacial score (nSPS) is 24.7. The number of rotatable bonds is 4. The van der Waals surface area contributed by atoms with Gasteiger partial charge in [-0.1, -0.05) is 5.16 Å². The topological polar surface area (TPSA) is 75.9 Å². The van der Waals surface area contributed by atoms with Gasteiger partial charge in [-0.05, 0) is 32.6 Å². The standard InChI is InChI=1S/C17H25N3O4/c1-13-14(12-18-24-13)15(21)19-7-3-4-17(5-8-19)6-9-20(16(17)22)10-11-23-2/h12H,3-11H2,1-2H3/t17-/m1/s1. The summed E-state index contributed by atoms with van der Waals surface area (Å²) >= 11 is 0. The summed E-state index contributed by atoms with van der Waals surface area (Å²) in [5.41, 5.74) is 0.220. The zero-order valence-electron chi connectivity index (χ0n) is 14.4. The molecule has 1 atom stereocenters. The van der Waals surface area contributed by atoms with Crippen molar-refractivity contribution in [3.8, 4) is 0 Å². The average molecular weight is 335 g/mol. The number of hydrogen-bond acceptors (Lipinski definition) is 5. The fourth-order valence-electron chi connectivity index (χ4n) is 3.84. The van der Waals surface area contributed by atoms with Crippen LogP contribution >= 0.6 is 0 Å². The van der Waals surface area contributed by atoms with E-state index in [0.29, 0.717) is 37.6 Å². The summed E-state index contributed by atoms with van der Waals surface area (Å²) < 4.78 is 10.1. The summed E-state index contributed by atoms with van der Waals surface area (Å²) in [6.45, 7) is 5.04. The second kappa shape index (κ2) is 6.93. The Hall–Kier alpha value is -1.89. The maximum atomic E-state index is 12.8. The Morgan fingerprint density at radius 1 is 1.33 bits per heavy atom. The molecule has 132 valence electrons. The number of nitrogens with zero attached hydrogens (tertiary/aromatic N) is 3. The summed E-state index contributed by atoms with van der Waals surface area (Å²) in [4.78, 5) is 29.2. The number of aryl methyl sites for hydroxylation is 1. The van der Waals surface area contributed by atoms with Crippen LogP contribution in [-0.2, 0) is 9.53 Å². The first-order valence-corrected chi connectivity index (χ1v) is 8.56. The highest BCUT2D eigenvalue weighted by Crippen LogP contribution is 2.41. The second-order valence-electron chi connectivity index (χ2n) is 6.76. The highest BCUT2D eigenvalue weighted by atomic mass is 16.5. The van der Waals surface area contributed by atoms with Crippen LogP contribution in [0, 0.1) is 12.3 Å². The predicted molar refractivity (Wildman–Crippen MR) is 86.5 cm³/mol. The Kier molecular flexibility index (Phi) is 4.89. The number of hydrogen-bond donors (Lipinski definition) is 0. The van der Waals surface area contributed by atoms with Gasteiger partial charge in [-0.2, -0.15) is 0 Å². The summed E-state index contributed by atoms with van der Waals surface area (Å²) in [6, 6.07) is 0. The van der Waals surface area contributed by atoms with Gasteiger partial charge in [-0.15, -0.1) is 0 Å². The van der Waals surface area contributed by atoms with Crippen LogP contribution in [0.5, 0.6) is 0 Å². The van der Waals surface area contributed by atoms with Crippen molar-refractivity contribution in [3.05, 3.63) is 17.5 Å². The molecule has 3 rings (SSSR count). The van der Waals surface area contributed by atoms with E-state index >= 15 is 0 Å². The van der Waals surface area contributed by atoms with Crippen LogP contribution in [0.1, 0.15) is 41.8 Å². The highest BCUT2D eigenvalue weighted by Gasteiger charge is 2.47. The molecule has 1 spiro atoms. The van der Waals surface area contributed by atoms with Crippen LogP contribution in [0.4, 0.5) is 0 Å². The number of likely N-dealkylation sites (tertiary alicyclic amines) is 2. The number of amides is 2.